The Morgan fingerprint density at radius 3 is 2.75 bits per heavy atom. The number of nitrogens with two attached hydrogens (primary N) is 1. The minimum Gasteiger partial charge on any atom is -0.495 e. The quantitative estimate of drug-likeness (QED) is 0.746. The monoisotopic (exact) mass is 274 g/mol. The van der Waals surface area contributed by atoms with Crippen LogP contribution in [-0.4, -0.2) is 23.2 Å². The second kappa shape index (κ2) is 5.64. The van der Waals surface area contributed by atoms with Crippen molar-refractivity contribution < 1.29 is 9.53 Å². The second-order valence-electron chi connectivity index (χ2n) is 4.77. The van der Waals surface area contributed by atoms with Gasteiger partial charge in [-0.1, -0.05) is 13.8 Å². The van der Waals surface area contributed by atoms with Crippen LogP contribution >= 0.6 is 0 Å². The summed E-state index contributed by atoms with van der Waals surface area (Å²) in [5.41, 5.74) is 7.64. The predicted molar refractivity (Wildman–Crippen MR) is 78.0 cm³/mol. The highest BCUT2D eigenvalue weighted by Crippen LogP contribution is 2.23. The van der Waals surface area contributed by atoms with E-state index in [1.807, 2.05) is 19.9 Å². The molecule has 0 unspecified atom stereocenters. The summed E-state index contributed by atoms with van der Waals surface area (Å²) in [6.45, 7) is 4.09. The molecule has 6 nitrogen and oxygen atoms in total. The minimum atomic E-state index is -0.259. The van der Waals surface area contributed by atoms with Gasteiger partial charge in [-0.25, -0.2) is 0 Å². The van der Waals surface area contributed by atoms with Crippen LogP contribution in [0.25, 0.3) is 0 Å². The van der Waals surface area contributed by atoms with Gasteiger partial charge < -0.3 is 15.8 Å². The summed E-state index contributed by atoms with van der Waals surface area (Å²) in [5.74, 6) is 1.03. The molecule has 2 rings (SSSR count). The third kappa shape index (κ3) is 2.90. The SMILES string of the molecule is COc1cc(C(=O)Nc2cc(C(C)C)[nH]n2)ccc1N. The first-order valence-electron chi connectivity index (χ1n) is 6.31. The lowest BCUT2D eigenvalue weighted by atomic mass is 10.1. The molecule has 1 heterocycles. The van der Waals surface area contributed by atoms with Gasteiger partial charge in [0.1, 0.15) is 5.75 Å². The molecule has 20 heavy (non-hydrogen) atoms. The van der Waals surface area contributed by atoms with Crippen LogP contribution in [0.3, 0.4) is 0 Å². The van der Waals surface area contributed by atoms with Gasteiger partial charge in [0.25, 0.3) is 5.91 Å². The molecule has 0 spiro atoms. The summed E-state index contributed by atoms with van der Waals surface area (Å²) in [6.07, 6.45) is 0. The van der Waals surface area contributed by atoms with E-state index in [4.69, 9.17) is 10.5 Å². The van der Waals surface area contributed by atoms with Crippen molar-refractivity contribution >= 4 is 17.4 Å². The highest BCUT2D eigenvalue weighted by Gasteiger charge is 2.11. The molecule has 0 aliphatic rings. The lowest BCUT2D eigenvalue weighted by Crippen LogP contribution is -2.12. The first-order chi connectivity index (χ1) is 9.51. The summed E-state index contributed by atoms with van der Waals surface area (Å²) in [6, 6.07) is 6.69. The van der Waals surface area contributed by atoms with Crippen LogP contribution in [0.5, 0.6) is 5.75 Å². The maximum absolute atomic E-state index is 12.1. The zero-order valence-electron chi connectivity index (χ0n) is 11.7. The summed E-state index contributed by atoms with van der Waals surface area (Å²) in [4.78, 5) is 12.1. The smallest absolute Gasteiger partial charge is 0.257 e. The van der Waals surface area contributed by atoms with Gasteiger partial charge in [-0.05, 0) is 24.1 Å². The van der Waals surface area contributed by atoms with E-state index in [0.29, 0.717) is 28.7 Å². The average Bonchev–Trinajstić information content (AvgIpc) is 2.88. The zero-order valence-corrected chi connectivity index (χ0v) is 11.7. The fourth-order valence-corrected chi connectivity index (χ4v) is 1.74. The topological polar surface area (TPSA) is 93.0 Å². The highest BCUT2D eigenvalue weighted by molar-refractivity contribution is 6.04. The van der Waals surface area contributed by atoms with E-state index in [-0.39, 0.29) is 5.91 Å². The van der Waals surface area contributed by atoms with Gasteiger partial charge in [0, 0.05) is 17.3 Å². The summed E-state index contributed by atoms with van der Waals surface area (Å²) in [7, 11) is 1.51. The number of nitrogens with one attached hydrogen (secondary N) is 2. The predicted octanol–water partition coefficient (Wildman–Crippen LogP) is 2.38. The molecule has 1 aromatic heterocycles. The van der Waals surface area contributed by atoms with Gasteiger partial charge in [0.15, 0.2) is 5.82 Å². The van der Waals surface area contributed by atoms with Crippen molar-refractivity contribution in [3.63, 3.8) is 0 Å². The molecule has 0 radical (unpaired) electrons. The first-order valence-corrected chi connectivity index (χ1v) is 6.31. The molecule has 0 aliphatic heterocycles. The lowest BCUT2D eigenvalue weighted by Gasteiger charge is -2.07. The molecule has 0 bridgehead atoms. The van der Waals surface area contributed by atoms with Crippen LogP contribution in [0.15, 0.2) is 24.3 Å². The number of aromatic amines is 1. The van der Waals surface area contributed by atoms with Crippen LogP contribution < -0.4 is 15.8 Å². The Balaban J connectivity index is 2.15. The van der Waals surface area contributed by atoms with E-state index < -0.39 is 0 Å². The third-order valence-electron chi connectivity index (χ3n) is 2.96. The molecule has 106 valence electrons. The van der Waals surface area contributed by atoms with Crippen molar-refractivity contribution in [2.45, 2.75) is 19.8 Å². The number of nitrogens with zero attached hydrogens (tertiary/aromatic N) is 1. The number of rotatable bonds is 4. The van der Waals surface area contributed by atoms with Crippen LogP contribution in [0.4, 0.5) is 11.5 Å². The molecule has 0 atom stereocenters. The maximum atomic E-state index is 12.1. The van der Waals surface area contributed by atoms with Crippen LogP contribution in [0.2, 0.25) is 0 Å². The van der Waals surface area contributed by atoms with Gasteiger partial charge in [-0.2, -0.15) is 5.10 Å². The molecular formula is C14H18N4O2. The van der Waals surface area contributed by atoms with Crippen molar-refractivity contribution in [3.8, 4) is 5.75 Å². The number of anilines is 2. The number of hydrogen-bond donors (Lipinski definition) is 3. The Kier molecular flexibility index (Phi) is 3.93. The third-order valence-corrected chi connectivity index (χ3v) is 2.96. The van der Waals surface area contributed by atoms with Crippen LogP contribution in [-0.2, 0) is 0 Å². The number of benzene rings is 1. The summed E-state index contributed by atoms with van der Waals surface area (Å²) < 4.78 is 5.09. The summed E-state index contributed by atoms with van der Waals surface area (Å²) in [5, 5.41) is 9.66. The first kappa shape index (κ1) is 13.9. The molecule has 1 aromatic carbocycles. The molecule has 6 heteroatoms. The Bertz CT molecular complexity index is 619. The van der Waals surface area contributed by atoms with E-state index in [1.165, 1.54) is 7.11 Å². The second-order valence-corrected chi connectivity index (χ2v) is 4.77. The Morgan fingerprint density at radius 1 is 1.40 bits per heavy atom. The van der Waals surface area contributed by atoms with Crippen molar-refractivity contribution in [1.29, 1.82) is 0 Å². The molecule has 0 saturated heterocycles. The maximum Gasteiger partial charge on any atom is 0.257 e. The number of H-pyrrole nitrogens is 1. The number of methoxy groups -OCH3 is 1. The lowest BCUT2D eigenvalue weighted by molar-refractivity contribution is 0.102. The molecule has 4 N–H and O–H groups in total. The van der Waals surface area contributed by atoms with E-state index in [0.717, 1.165) is 5.69 Å². The van der Waals surface area contributed by atoms with Crippen molar-refractivity contribution in [1.82, 2.24) is 10.2 Å². The van der Waals surface area contributed by atoms with E-state index >= 15 is 0 Å². The Labute approximate surface area is 117 Å². The standard InChI is InChI=1S/C14H18N4O2/c1-8(2)11-7-13(18-17-11)16-14(19)9-4-5-10(15)12(6-9)20-3/h4-8H,15H2,1-3H3,(H2,16,17,18,19). The number of ether oxygens (including phenoxy) is 1. The number of nitrogen functional groups attached to an aromatic ring is 1. The van der Waals surface area contributed by atoms with E-state index in [2.05, 4.69) is 15.5 Å². The minimum absolute atomic E-state index is 0.259. The van der Waals surface area contributed by atoms with Gasteiger partial charge >= 0.3 is 0 Å². The molecule has 1 amide bonds. The number of amides is 1. The Hall–Kier alpha value is -2.50. The molecule has 0 fully saturated rings. The van der Waals surface area contributed by atoms with Crippen LogP contribution in [0.1, 0.15) is 35.8 Å². The van der Waals surface area contributed by atoms with Gasteiger partial charge in [0.05, 0.1) is 12.8 Å². The molecular weight excluding hydrogens is 256 g/mol. The van der Waals surface area contributed by atoms with Crippen LogP contribution in [0, 0.1) is 0 Å². The number of aromatic nitrogens is 2. The van der Waals surface area contributed by atoms with Gasteiger partial charge in [0.2, 0.25) is 0 Å². The molecule has 0 aliphatic carbocycles. The van der Waals surface area contributed by atoms with Crippen molar-refractivity contribution in [2.24, 2.45) is 0 Å². The van der Waals surface area contributed by atoms with Gasteiger partial charge in [-0.15, -0.1) is 0 Å². The number of hydrogen-bond acceptors (Lipinski definition) is 4. The Morgan fingerprint density at radius 2 is 2.15 bits per heavy atom. The fraction of sp³-hybridized carbons (Fsp3) is 0.286. The fourth-order valence-electron chi connectivity index (χ4n) is 1.74. The number of carbonyl (C=O) groups excluding carboxylic acids is 1. The molecule has 0 saturated carbocycles. The van der Waals surface area contributed by atoms with Crippen molar-refractivity contribution in [3.05, 3.63) is 35.5 Å². The van der Waals surface area contributed by atoms with E-state index in [1.54, 1.807) is 18.2 Å². The normalized spacial score (nSPS) is 10.6. The van der Waals surface area contributed by atoms with Crippen molar-refractivity contribution in [2.75, 3.05) is 18.2 Å². The van der Waals surface area contributed by atoms with Gasteiger partial charge in [-0.3, -0.25) is 9.89 Å². The van der Waals surface area contributed by atoms with E-state index in [9.17, 15) is 4.79 Å². The molecule has 2 aromatic rings. The zero-order chi connectivity index (χ0) is 14.7. The number of carbonyl (C=O) groups is 1. The average molecular weight is 274 g/mol. The summed E-state index contributed by atoms with van der Waals surface area (Å²) >= 11 is 0. The highest BCUT2D eigenvalue weighted by atomic mass is 16.5. The largest absolute Gasteiger partial charge is 0.495 e.